The van der Waals surface area contributed by atoms with Crippen molar-refractivity contribution in [2.45, 2.75) is 20.8 Å². The summed E-state index contributed by atoms with van der Waals surface area (Å²) in [7, 11) is 0. The molecular formula is C12H18N2O2. The Hall–Kier alpha value is -1.55. The average Bonchev–Trinajstić information content (AvgIpc) is 2.21. The topological polar surface area (TPSA) is 50.4 Å². The van der Waals surface area contributed by atoms with E-state index >= 15 is 0 Å². The molecule has 0 unspecified atom stereocenters. The fraction of sp³-hybridized carbons (Fsp3) is 0.417. The molecule has 0 aliphatic heterocycles. The van der Waals surface area contributed by atoms with E-state index in [2.05, 4.69) is 10.8 Å². The SMILES string of the molecule is Cc1ccccc1NC(=O)NOCC(C)C. The van der Waals surface area contributed by atoms with Gasteiger partial charge in [-0.3, -0.25) is 4.84 Å². The molecule has 0 atom stereocenters. The number of carbonyl (C=O) groups excluding carboxylic acids is 1. The number of benzene rings is 1. The molecule has 0 bridgehead atoms. The number of anilines is 1. The summed E-state index contributed by atoms with van der Waals surface area (Å²) in [5.41, 5.74) is 4.14. The van der Waals surface area contributed by atoms with Gasteiger partial charge in [-0.1, -0.05) is 32.0 Å². The van der Waals surface area contributed by atoms with Crippen molar-refractivity contribution in [1.29, 1.82) is 0 Å². The van der Waals surface area contributed by atoms with Crippen LogP contribution in [0.3, 0.4) is 0 Å². The maximum absolute atomic E-state index is 11.4. The molecule has 4 heteroatoms. The molecule has 0 aromatic heterocycles. The van der Waals surface area contributed by atoms with E-state index in [1.807, 2.05) is 45.0 Å². The first kappa shape index (κ1) is 12.5. The predicted molar refractivity (Wildman–Crippen MR) is 64.1 cm³/mol. The summed E-state index contributed by atoms with van der Waals surface area (Å²) in [5, 5.41) is 2.71. The van der Waals surface area contributed by atoms with Crippen LogP contribution in [0.15, 0.2) is 24.3 Å². The summed E-state index contributed by atoms with van der Waals surface area (Å²) in [6.45, 7) is 6.47. The maximum atomic E-state index is 11.4. The van der Waals surface area contributed by atoms with Crippen molar-refractivity contribution in [3.8, 4) is 0 Å². The van der Waals surface area contributed by atoms with Gasteiger partial charge in [-0.15, -0.1) is 0 Å². The molecule has 0 saturated carbocycles. The molecule has 1 rings (SSSR count). The summed E-state index contributed by atoms with van der Waals surface area (Å²) < 4.78 is 0. The third-order valence-electron chi connectivity index (χ3n) is 1.97. The van der Waals surface area contributed by atoms with Crippen LogP contribution in [-0.4, -0.2) is 12.6 Å². The number of aryl methyl sites for hydroxylation is 1. The van der Waals surface area contributed by atoms with Crippen LogP contribution >= 0.6 is 0 Å². The molecule has 0 heterocycles. The number of hydroxylamine groups is 1. The van der Waals surface area contributed by atoms with Crippen LogP contribution < -0.4 is 10.8 Å². The predicted octanol–water partition coefficient (Wildman–Crippen LogP) is 2.70. The van der Waals surface area contributed by atoms with Crippen molar-refractivity contribution < 1.29 is 9.63 Å². The Morgan fingerprint density at radius 3 is 2.69 bits per heavy atom. The minimum Gasteiger partial charge on any atom is -0.306 e. The van der Waals surface area contributed by atoms with Gasteiger partial charge in [0.25, 0.3) is 0 Å². The Morgan fingerprint density at radius 2 is 2.06 bits per heavy atom. The minimum absolute atomic E-state index is 0.352. The highest BCUT2D eigenvalue weighted by Crippen LogP contribution is 2.12. The van der Waals surface area contributed by atoms with E-state index in [1.54, 1.807) is 0 Å². The molecule has 1 aromatic carbocycles. The molecule has 0 aliphatic rings. The van der Waals surface area contributed by atoms with E-state index in [4.69, 9.17) is 4.84 Å². The first-order chi connectivity index (χ1) is 7.59. The lowest BCUT2D eigenvalue weighted by Gasteiger charge is -2.10. The number of hydrogen-bond donors (Lipinski definition) is 2. The van der Waals surface area contributed by atoms with Crippen LogP contribution in [0.5, 0.6) is 0 Å². The van der Waals surface area contributed by atoms with E-state index in [0.29, 0.717) is 12.5 Å². The molecule has 0 saturated heterocycles. The fourth-order valence-electron chi connectivity index (χ4n) is 1.13. The van der Waals surface area contributed by atoms with Crippen molar-refractivity contribution >= 4 is 11.7 Å². The van der Waals surface area contributed by atoms with Gasteiger partial charge in [-0.05, 0) is 24.5 Å². The molecule has 4 nitrogen and oxygen atoms in total. The zero-order valence-electron chi connectivity index (χ0n) is 9.91. The van der Waals surface area contributed by atoms with E-state index in [0.717, 1.165) is 11.3 Å². The summed E-state index contributed by atoms with van der Waals surface area (Å²) in [5.74, 6) is 0.388. The van der Waals surface area contributed by atoms with E-state index in [9.17, 15) is 4.79 Å². The highest BCUT2D eigenvalue weighted by molar-refractivity contribution is 5.89. The quantitative estimate of drug-likeness (QED) is 0.769. The molecule has 0 aliphatic carbocycles. The van der Waals surface area contributed by atoms with Crippen molar-refractivity contribution in [2.24, 2.45) is 5.92 Å². The number of para-hydroxylation sites is 1. The van der Waals surface area contributed by atoms with Crippen LogP contribution in [0, 0.1) is 12.8 Å². The molecule has 16 heavy (non-hydrogen) atoms. The lowest BCUT2D eigenvalue weighted by atomic mass is 10.2. The highest BCUT2D eigenvalue weighted by Gasteiger charge is 2.03. The van der Waals surface area contributed by atoms with Crippen molar-refractivity contribution in [3.63, 3.8) is 0 Å². The summed E-state index contributed by atoms with van der Waals surface area (Å²) in [4.78, 5) is 16.4. The van der Waals surface area contributed by atoms with Gasteiger partial charge in [0.15, 0.2) is 0 Å². The van der Waals surface area contributed by atoms with Crippen LogP contribution in [0.4, 0.5) is 10.5 Å². The normalized spacial score (nSPS) is 10.2. The number of amides is 2. The Labute approximate surface area is 95.9 Å². The monoisotopic (exact) mass is 222 g/mol. The van der Waals surface area contributed by atoms with Crippen molar-refractivity contribution in [3.05, 3.63) is 29.8 Å². The van der Waals surface area contributed by atoms with E-state index in [-0.39, 0.29) is 6.03 Å². The average molecular weight is 222 g/mol. The summed E-state index contributed by atoms with van der Waals surface area (Å²) >= 11 is 0. The molecule has 0 fully saturated rings. The molecule has 0 spiro atoms. The molecule has 2 amide bonds. The number of nitrogens with one attached hydrogen (secondary N) is 2. The molecular weight excluding hydrogens is 204 g/mol. The third kappa shape index (κ3) is 4.31. The first-order valence-corrected chi connectivity index (χ1v) is 5.34. The van der Waals surface area contributed by atoms with Crippen LogP contribution in [0.25, 0.3) is 0 Å². The lowest BCUT2D eigenvalue weighted by molar-refractivity contribution is 0.0482. The zero-order valence-corrected chi connectivity index (χ0v) is 9.91. The van der Waals surface area contributed by atoms with Gasteiger partial charge in [0.1, 0.15) is 0 Å². The fourth-order valence-corrected chi connectivity index (χ4v) is 1.13. The van der Waals surface area contributed by atoms with Gasteiger partial charge in [0, 0.05) is 5.69 Å². The Morgan fingerprint density at radius 1 is 1.38 bits per heavy atom. The second-order valence-electron chi connectivity index (χ2n) is 4.08. The number of urea groups is 1. The Kier molecular flexibility index (Phi) is 4.79. The third-order valence-corrected chi connectivity index (χ3v) is 1.97. The highest BCUT2D eigenvalue weighted by atomic mass is 16.7. The van der Waals surface area contributed by atoms with E-state index in [1.165, 1.54) is 0 Å². The van der Waals surface area contributed by atoms with Crippen molar-refractivity contribution in [1.82, 2.24) is 5.48 Å². The summed E-state index contributed by atoms with van der Waals surface area (Å²) in [6.07, 6.45) is 0. The zero-order chi connectivity index (χ0) is 12.0. The smallest absolute Gasteiger partial charge is 0.306 e. The number of rotatable bonds is 4. The van der Waals surface area contributed by atoms with Gasteiger partial charge in [-0.2, -0.15) is 0 Å². The molecule has 0 radical (unpaired) electrons. The standard InChI is InChI=1S/C12H18N2O2/c1-9(2)8-16-14-12(15)13-11-7-5-4-6-10(11)3/h4-7,9H,8H2,1-3H3,(H2,13,14,15). The molecule has 88 valence electrons. The number of hydrogen-bond acceptors (Lipinski definition) is 2. The molecule has 2 N–H and O–H groups in total. The first-order valence-electron chi connectivity index (χ1n) is 5.34. The Bertz CT molecular complexity index is 351. The van der Waals surface area contributed by atoms with Crippen LogP contribution in [0.1, 0.15) is 19.4 Å². The van der Waals surface area contributed by atoms with Gasteiger partial charge in [0.05, 0.1) is 6.61 Å². The van der Waals surface area contributed by atoms with E-state index < -0.39 is 0 Å². The van der Waals surface area contributed by atoms with Gasteiger partial charge < -0.3 is 5.32 Å². The lowest BCUT2D eigenvalue weighted by Crippen LogP contribution is -2.30. The summed E-state index contributed by atoms with van der Waals surface area (Å²) in [6, 6.07) is 7.22. The van der Waals surface area contributed by atoms with Gasteiger partial charge in [0.2, 0.25) is 0 Å². The molecule has 1 aromatic rings. The Balaban J connectivity index is 2.37. The van der Waals surface area contributed by atoms with Gasteiger partial charge in [-0.25, -0.2) is 10.3 Å². The van der Waals surface area contributed by atoms with Crippen LogP contribution in [0.2, 0.25) is 0 Å². The van der Waals surface area contributed by atoms with Gasteiger partial charge >= 0.3 is 6.03 Å². The second kappa shape index (κ2) is 6.12. The van der Waals surface area contributed by atoms with Crippen molar-refractivity contribution in [2.75, 3.05) is 11.9 Å². The van der Waals surface area contributed by atoms with Crippen LogP contribution in [-0.2, 0) is 4.84 Å². The number of carbonyl (C=O) groups is 1. The largest absolute Gasteiger partial charge is 0.343 e. The second-order valence-corrected chi connectivity index (χ2v) is 4.08. The minimum atomic E-state index is -0.352. The maximum Gasteiger partial charge on any atom is 0.343 e.